The molecule has 88 valence electrons. The lowest BCUT2D eigenvalue weighted by Crippen LogP contribution is -2.12. The second kappa shape index (κ2) is 5.65. The second-order valence-corrected chi connectivity index (χ2v) is 4.58. The Bertz CT molecular complexity index is 319. The minimum Gasteiger partial charge on any atom is -0.378 e. The SMILES string of the molecule is Fc1ccc(C(CCl)CC2CCCO2)cc1. The molecular weight excluding hydrogens is 227 g/mol. The van der Waals surface area contributed by atoms with E-state index in [0.717, 1.165) is 31.4 Å². The first-order valence-corrected chi connectivity index (χ1v) is 6.26. The van der Waals surface area contributed by atoms with Gasteiger partial charge >= 0.3 is 0 Å². The van der Waals surface area contributed by atoms with Crippen molar-refractivity contribution in [1.29, 1.82) is 0 Å². The molecular formula is C13H16ClFO. The van der Waals surface area contributed by atoms with E-state index < -0.39 is 0 Å². The van der Waals surface area contributed by atoms with Crippen molar-refractivity contribution in [3.63, 3.8) is 0 Å². The van der Waals surface area contributed by atoms with E-state index in [1.807, 2.05) is 12.1 Å². The summed E-state index contributed by atoms with van der Waals surface area (Å²) in [5, 5.41) is 0. The molecule has 1 aromatic rings. The minimum absolute atomic E-state index is 0.200. The minimum atomic E-state index is -0.200. The number of hydrogen-bond donors (Lipinski definition) is 0. The van der Waals surface area contributed by atoms with E-state index in [4.69, 9.17) is 16.3 Å². The average Bonchev–Trinajstić information content (AvgIpc) is 2.80. The van der Waals surface area contributed by atoms with Crippen LogP contribution in [0.5, 0.6) is 0 Å². The molecule has 1 aromatic carbocycles. The highest BCUT2D eigenvalue weighted by Gasteiger charge is 2.21. The van der Waals surface area contributed by atoms with Gasteiger partial charge in [-0.1, -0.05) is 12.1 Å². The van der Waals surface area contributed by atoms with Crippen LogP contribution >= 0.6 is 11.6 Å². The number of rotatable bonds is 4. The molecule has 0 bridgehead atoms. The number of ether oxygens (including phenoxy) is 1. The highest BCUT2D eigenvalue weighted by molar-refractivity contribution is 6.18. The number of alkyl halides is 1. The fourth-order valence-electron chi connectivity index (χ4n) is 2.17. The van der Waals surface area contributed by atoms with Crippen LogP contribution in [0.15, 0.2) is 24.3 Å². The molecule has 0 radical (unpaired) electrons. The molecule has 1 saturated heterocycles. The first kappa shape index (κ1) is 11.9. The third-order valence-electron chi connectivity index (χ3n) is 3.10. The van der Waals surface area contributed by atoms with Crippen molar-refractivity contribution >= 4 is 11.6 Å². The average molecular weight is 243 g/mol. The molecule has 16 heavy (non-hydrogen) atoms. The molecule has 2 atom stereocenters. The Morgan fingerprint density at radius 1 is 1.38 bits per heavy atom. The van der Waals surface area contributed by atoms with Crippen LogP contribution < -0.4 is 0 Å². The monoisotopic (exact) mass is 242 g/mol. The van der Waals surface area contributed by atoms with Gasteiger partial charge in [-0.3, -0.25) is 0 Å². The van der Waals surface area contributed by atoms with Gasteiger partial charge in [0.2, 0.25) is 0 Å². The zero-order chi connectivity index (χ0) is 11.4. The van der Waals surface area contributed by atoms with Crippen molar-refractivity contribution < 1.29 is 9.13 Å². The van der Waals surface area contributed by atoms with Crippen LogP contribution in [0.25, 0.3) is 0 Å². The fourth-order valence-corrected chi connectivity index (χ4v) is 2.47. The maximum absolute atomic E-state index is 12.8. The Morgan fingerprint density at radius 3 is 2.69 bits per heavy atom. The van der Waals surface area contributed by atoms with Crippen LogP contribution in [-0.4, -0.2) is 18.6 Å². The van der Waals surface area contributed by atoms with Gasteiger partial charge in [-0.05, 0) is 42.9 Å². The quantitative estimate of drug-likeness (QED) is 0.732. The molecule has 1 nitrogen and oxygen atoms in total. The molecule has 0 spiro atoms. The Balaban J connectivity index is 2.00. The zero-order valence-corrected chi connectivity index (χ0v) is 9.92. The predicted molar refractivity (Wildman–Crippen MR) is 63.5 cm³/mol. The van der Waals surface area contributed by atoms with Crippen molar-refractivity contribution in [3.8, 4) is 0 Å². The van der Waals surface area contributed by atoms with Crippen molar-refractivity contribution in [2.45, 2.75) is 31.3 Å². The molecule has 1 fully saturated rings. The standard InChI is InChI=1S/C13H16ClFO/c14-9-11(8-13-2-1-7-16-13)10-3-5-12(15)6-4-10/h3-6,11,13H,1-2,7-9H2. The van der Waals surface area contributed by atoms with Gasteiger partial charge < -0.3 is 4.74 Å². The van der Waals surface area contributed by atoms with Crippen molar-refractivity contribution in [3.05, 3.63) is 35.6 Å². The summed E-state index contributed by atoms with van der Waals surface area (Å²) in [6.07, 6.45) is 3.53. The van der Waals surface area contributed by atoms with Gasteiger partial charge in [-0.15, -0.1) is 11.6 Å². The van der Waals surface area contributed by atoms with Gasteiger partial charge in [0.25, 0.3) is 0 Å². The summed E-state index contributed by atoms with van der Waals surface area (Å²) in [5.41, 5.74) is 1.10. The van der Waals surface area contributed by atoms with Crippen LogP contribution in [0.2, 0.25) is 0 Å². The van der Waals surface area contributed by atoms with Gasteiger partial charge in [0, 0.05) is 12.5 Å². The molecule has 1 aliphatic heterocycles. The Labute approximate surface area is 101 Å². The molecule has 0 saturated carbocycles. The van der Waals surface area contributed by atoms with Gasteiger partial charge in [-0.2, -0.15) is 0 Å². The highest BCUT2D eigenvalue weighted by atomic mass is 35.5. The molecule has 2 unspecified atom stereocenters. The van der Waals surface area contributed by atoms with Gasteiger partial charge in [0.1, 0.15) is 5.82 Å². The molecule has 1 heterocycles. The topological polar surface area (TPSA) is 9.23 Å². The summed E-state index contributed by atoms with van der Waals surface area (Å²) in [4.78, 5) is 0. The largest absolute Gasteiger partial charge is 0.378 e. The Hall–Kier alpha value is -0.600. The van der Waals surface area contributed by atoms with Crippen molar-refractivity contribution in [2.24, 2.45) is 0 Å². The number of benzene rings is 1. The van der Waals surface area contributed by atoms with Crippen LogP contribution in [0.1, 0.15) is 30.7 Å². The first-order chi connectivity index (χ1) is 7.79. The Kier molecular flexibility index (Phi) is 4.19. The van der Waals surface area contributed by atoms with Crippen LogP contribution in [0.4, 0.5) is 4.39 Å². The lowest BCUT2D eigenvalue weighted by molar-refractivity contribution is 0.0995. The van der Waals surface area contributed by atoms with E-state index in [9.17, 15) is 4.39 Å². The Morgan fingerprint density at radius 2 is 2.12 bits per heavy atom. The third kappa shape index (κ3) is 2.96. The van der Waals surface area contributed by atoms with E-state index in [1.165, 1.54) is 12.1 Å². The molecule has 3 heteroatoms. The molecule has 1 aliphatic rings. The maximum atomic E-state index is 12.8. The van der Waals surface area contributed by atoms with E-state index in [1.54, 1.807) is 0 Å². The summed E-state index contributed by atoms with van der Waals surface area (Å²) in [6, 6.07) is 6.61. The maximum Gasteiger partial charge on any atom is 0.123 e. The van der Waals surface area contributed by atoms with Crippen molar-refractivity contribution in [1.82, 2.24) is 0 Å². The first-order valence-electron chi connectivity index (χ1n) is 5.72. The van der Waals surface area contributed by atoms with E-state index in [0.29, 0.717) is 12.0 Å². The fraction of sp³-hybridized carbons (Fsp3) is 0.538. The van der Waals surface area contributed by atoms with Crippen molar-refractivity contribution in [2.75, 3.05) is 12.5 Å². The molecule has 0 amide bonds. The predicted octanol–water partition coefficient (Wildman–Crippen LogP) is 3.72. The van der Waals surface area contributed by atoms with Crippen LogP contribution in [0.3, 0.4) is 0 Å². The van der Waals surface area contributed by atoms with Gasteiger partial charge in [-0.25, -0.2) is 4.39 Å². The van der Waals surface area contributed by atoms with E-state index >= 15 is 0 Å². The van der Waals surface area contributed by atoms with Crippen LogP contribution in [-0.2, 0) is 4.74 Å². The normalized spacial score (nSPS) is 22.2. The number of hydrogen-bond acceptors (Lipinski definition) is 1. The molecule has 0 aliphatic carbocycles. The smallest absolute Gasteiger partial charge is 0.123 e. The summed E-state index contributed by atoms with van der Waals surface area (Å²) in [5.74, 6) is 0.630. The summed E-state index contributed by atoms with van der Waals surface area (Å²) >= 11 is 5.97. The third-order valence-corrected chi connectivity index (χ3v) is 3.47. The molecule has 0 N–H and O–H groups in total. The highest BCUT2D eigenvalue weighted by Crippen LogP contribution is 2.28. The van der Waals surface area contributed by atoms with Gasteiger partial charge in [0.15, 0.2) is 0 Å². The molecule has 0 aromatic heterocycles. The van der Waals surface area contributed by atoms with Crippen LogP contribution in [0, 0.1) is 5.82 Å². The lowest BCUT2D eigenvalue weighted by Gasteiger charge is -2.18. The number of halogens is 2. The summed E-state index contributed by atoms with van der Waals surface area (Å²) < 4.78 is 18.4. The van der Waals surface area contributed by atoms with E-state index in [2.05, 4.69) is 0 Å². The summed E-state index contributed by atoms with van der Waals surface area (Å²) in [7, 11) is 0. The zero-order valence-electron chi connectivity index (χ0n) is 9.16. The molecule has 2 rings (SSSR count). The van der Waals surface area contributed by atoms with Gasteiger partial charge in [0.05, 0.1) is 6.10 Å². The van der Waals surface area contributed by atoms with E-state index in [-0.39, 0.29) is 11.7 Å². The second-order valence-electron chi connectivity index (χ2n) is 4.27. The lowest BCUT2D eigenvalue weighted by atomic mass is 9.94. The summed E-state index contributed by atoms with van der Waals surface area (Å²) in [6.45, 7) is 0.864.